The number of benzene rings is 2. The van der Waals surface area contributed by atoms with Gasteiger partial charge in [0.2, 0.25) is 0 Å². The van der Waals surface area contributed by atoms with Gasteiger partial charge in [0.25, 0.3) is 5.91 Å². The largest absolute Gasteiger partial charge is 0.423 e. The van der Waals surface area contributed by atoms with Crippen molar-refractivity contribution in [3.05, 3.63) is 70.1 Å². The van der Waals surface area contributed by atoms with Crippen molar-refractivity contribution in [2.24, 2.45) is 0 Å². The zero-order valence-electron chi connectivity index (χ0n) is 12.8. The molecule has 1 heterocycles. The molecule has 1 amide bonds. The first-order valence-corrected chi connectivity index (χ1v) is 8.01. The first-order valence-electron chi connectivity index (χ1n) is 7.19. The van der Waals surface area contributed by atoms with E-state index in [1.807, 2.05) is 19.1 Å². The Hall–Kier alpha value is -2.86. The smallest absolute Gasteiger partial charge is 0.343 e. The fourth-order valence-electron chi connectivity index (χ4n) is 2.12. The second-order valence-electron chi connectivity index (χ2n) is 5.22. The first kappa shape index (κ1) is 16.0. The summed E-state index contributed by atoms with van der Waals surface area (Å²) in [5.41, 5.74) is 2.26. The Labute approximate surface area is 143 Å². The number of carbonyl (C=O) groups is 2. The molecule has 0 saturated carbocycles. The summed E-state index contributed by atoms with van der Waals surface area (Å²) in [5, 5.41) is 9.96. The Morgan fingerprint density at radius 3 is 2.62 bits per heavy atom. The van der Waals surface area contributed by atoms with Gasteiger partial charge in [0, 0.05) is 0 Å². The van der Waals surface area contributed by atoms with E-state index in [0.717, 1.165) is 22.9 Å². The van der Waals surface area contributed by atoms with Gasteiger partial charge in [-0.2, -0.15) is 0 Å². The molecule has 120 valence electrons. The van der Waals surface area contributed by atoms with Crippen molar-refractivity contribution >= 4 is 34.9 Å². The van der Waals surface area contributed by atoms with E-state index < -0.39 is 5.97 Å². The minimum absolute atomic E-state index is 0.105. The number of rotatable bonds is 3. The van der Waals surface area contributed by atoms with Crippen LogP contribution in [-0.4, -0.2) is 17.0 Å². The van der Waals surface area contributed by atoms with Crippen LogP contribution in [0.2, 0.25) is 0 Å². The maximum absolute atomic E-state index is 12.1. The summed E-state index contributed by atoms with van der Waals surface area (Å²) in [4.78, 5) is 24.2. The van der Waals surface area contributed by atoms with Crippen LogP contribution < -0.4 is 10.1 Å². The van der Waals surface area contributed by atoms with Crippen LogP contribution in [0.4, 0.5) is 0 Å². The van der Waals surface area contributed by atoms with Crippen molar-refractivity contribution in [1.82, 2.24) is 5.32 Å². The van der Waals surface area contributed by atoms with E-state index in [4.69, 9.17) is 10.1 Å². The van der Waals surface area contributed by atoms with Crippen molar-refractivity contribution in [3.8, 4) is 5.75 Å². The van der Waals surface area contributed by atoms with Crippen LogP contribution in [0.1, 0.15) is 21.5 Å². The van der Waals surface area contributed by atoms with Crippen LogP contribution in [-0.2, 0) is 4.79 Å². The molecule has 0 atom stereocenters. The van der Waals surface area contributed by atoms with E-state index in [1.54, 1.807) is 42.5 Å². The number of carbonyl (C=O) groups excluding carboxylic acids is 2. The van der Waals surface area contributed by atoms with Crippen molar-refractivity contribution in [2.45, 2.75) is 6.92 Å². The molecule has 0 radical (unpaired) electrons. The normalized spacial score (nSPS) is 15.5. The predicted molar refractivity (Wildman–Crippen MR) is 94.0 cm³/mol. The number of aryl methyl sites for hydroxylation is 1. The predicted octanol–water partition coefficient (Wildman–Crippen LogP) is 3.35. The zero-order valence-corrected chi connectivity index (χ0v) is 13.6. The summed E-state index contributed by atoms with van der Waals surface area (Å²) < 4.78 is 5.38. The monoisotopic (exact) mass is 338 g/mol. The zero-order chi connectivity index (χ0) is 17.1. The quantitative estimate of drug-likeness (QED) is 0.511. The van der Waals surface area contributed by atoms with E-state index in [-0.39, 0.29) is 11.1 Å². The maximum Gasteiger partial charge on any atom is 0.343 e. The molecule has 3 rings (SSSR count). The summed E-state index contributed by atoms with van der Waals surface area (Å²) in [6, 6.07) is 14.0. The fraction of sp³-hybridized carbons (Fsp3) is 0.0556. The molecular weight excluding hydrogens is 324 g/mol. The molecule has 0 aliphatic carbocycles. The molecule has 2 aromatic carbocycles. The lowest BCUT2D eigenvalue weighted by atomic mass is 10.1. The number of hydrogen-bond donors (Lipinski definition) is 2. The van der Waals surface area contributed by atoms with Crippen LogP contribution in [0.5, 0.6) is 5.75 Å². The third-order valence-electron chi connectivity index (χ3n) is 3.32. The lowest BCUT2D eigenvalue weighted by Gasteiger charge is -2.05. The van der Waals surface area contributed by atoms with Gasteiger partial charge in [-0.25, -0.2) is 4.79 Å². The van der Waals surface area contributed by atoms with Crippen LogP contribution in [0.15, 0.2) is 53.4 Å². The van der Waals surface area contributed by atoms with E-state index in [0.29, 0.717) is 16.2 Å². The molecule has 6 heteroatoms. The van der Waals surface area contributed by atoms with Gasteiger partial charge in [-0.1, -0.05) is 29.8 Å². The van der Waals surface area contributed by atoms with Gasteiger partial charge >= 0.3 is 5.97 Å². The number of amides is 1. The molecule has 0 aromatic heterocycles. The fourth-order valence-corrected chi connectivity index (χ4v) is 2.82. The number of hydrogen-bond acceptors (Lipinski definition) is 5. The number of esters is 1. The summed E-state index contributed by atoms with van der Waals surface area (Å²) in [6.45, 7) is 1.95. The molecule has 1 aliphatic heterocycles. The maximum atomic E-state index is 12.1. The number of amidine groups is 1. The lowest BCUT2D eigenvalue weighted by molar-refractivity contribution is -0.115. The number of nitrogens with one attached hydrogen (secondary N) is 2. The second kappa shape index (κ2) is 6.72. The molecular formula is C18H14N2O3S. The summed E-state index contributed by atoms with van der Waals surface area (Å²) in [5.74, 6) is -0.338. The second-order valence-corrected chi connectivity index (χ2v) is 6.27. The number of ether oxygens (including phenoxy) is 1. The van der Waals surface area contributed by atoms with Gasteiger partial charge in [-0.3, -0.25) is 10.2 Å². The van der Waals surface area contributed by atoms with Crippen molar-refractivity contribution in [2.75, 3.05) is 0 Å². The third kappa shape index (κ3) is 3.72. The Bertz CT molecular complexity index is 857. The highest BCUT2D eigenvalue weighted by atomic mass is 32.2. The van der Waals surface area contributed by atoms with Crippen LogP contribution in [0, 0.1) is 12.3 Å². The van der Waals surface area contributed by atoms with Crippen LogP contribution in [0.25, 0.3) is 6.08 Å². The summed E-state index contributed by atoms with van der Waals surface area (Å²) in [7, 11) is 0. The average molecular weight is 338 g/mol. The summed E-state index contributed by atoms with van der Waals surface area (Å²) in [6.07, 6.45) is 1.66. The Kier molecular flexibility index (Phi) is 4.48. The minimum Gasteiger partial charge on any atom is -0.423 e. The van der Waals surface area contributed by atoms with Crippen molar-refractivity contribution in [1.29, 1.82) is 5.41 Å². The Morgan fingerprint density at radius 1 is 1.21 bits per heavy atom. The molecule has 24 heavy (non-hydrogen) atoms. The molecule has 0 bridgehead atoms. The van der Waals surface area contributed by atoms with Crippen LogP contribution >= 0.6 is 11.8 Å². The van der Waals surface area contributed by atoms with E-state index in [9.17, 15) is 9.59 Å². The van der Waals surface area contributed by atoms with Gasteiger partial charge < -0.3 is 10.1 Å². The van der Waals surface area contributed by atoms with Crippen LogP contribution in [0.3, 0.4) is 0 Å². The highest BCUT2D eigenvalue weighted by Crippen LogP contribution is 2.26. The lowest BCUT2D eigenvalue weighted by Crippen LogP contribution is -2.18. The third-order valence-corrected chi connectivity index (χ3v) is 4.15. The molecule has 1 aliphatic rings. The van der Waals surface area contributed by atoms with Crippen molar-refractivity contribution in [3.63, 3.8) is 0 Å². The van der Waals surface area contributed by atoms with Crippen molar-refractivity contribution < 1.29 is 14.3 Å². The van der Waals surface area contributed by atoms with E-state index >= 15 is 0 Å². The van der Waals surface area contributed by atoms with E-state index in [2.05, 4.69) is 5.32 Å². The highest BCUT2D eigenvalue weighted by molar-refractivity contribution is 8.18. The Balaban J connectivity index is 1.77. The topological polar surface area (TPSA) is 79.2 Å². The van der Waals surface area contributed by atoms with Gasteiger partial charge in [0.05, 0.1) is 10.5 Å². The summed E-state index contributed by atoms with van der Waals surface area (Å²) >= 11 is 1.06. The number of thioether (sulfide) groups is 1. The highest BCUT2D eigenvalue weighted by Gasteiger charge is 2.22. The van der Waals surface area contributed by atoms with E-state index in [1.165, 1.54) is 0 Å². The van der Waals surface area contributed by atoms with Gasteiger partial charge in [-0.05, 0) is 54.6 Å². The molecule has 5 nitrogen and oxygen atoms in total. The molecule has 2 N–H and O–H groups in total. The molecule has 0 unspecified atom stereocenters. The Morgan fingerprint density at radius 2 is 1.96 bits per heavy atom. The van der Waals surface area contributed by atoms with Gasteiger partial charge in [0.15, 0.2) is 5.17 Å². The molecule has 1 saturated heterocycles. The van der Waals surface area contributed by atoms with Gasteiger partial charge in [-0.15, -0.1) is 0 Å². The molecule has 2 aromatic rings. The average Bonchev–Trinajstić information content (AvgIpc) is 2.86. The SMILES string of the molecule is Cc1ccc(C(=O)Oc2cccc(C=C3SC(=N)NC3=O)c2)cc1. The van der Waals surface area contributed by atoms with Gasteiger partial charge in [0.1, 0.15) is 5.75 Å². The molecule has 1 fully saturated rings. The minimum atomic E-state index is -0.436. The standard InChI is InChI=1S/C18H14N2O3S/c1-11-5-7-13(8-6-11)17(22)23-14-4-2-3-12(9-14)10-15-16(21)20-18(19)24-15/h2-10H,1H3,(H2,19,20,21). The molecule has 0 spiro atoms. The first-order chi connectivity index (χ1) is 11.5.